The molecule has 30 heavy (non-hydrogen) atoms. The summed E-state index contributed by atoms with van der Waals surface area (Å²) >= 11 is 0. The van der Waals surface area contributed by atoms with Crippen molar-refractivity contribution >= 4 is 0 Å². The molecule has 0 aliphatic rings. The number of rotatable bonds is 5. The van der Waals surface area contributed by atoms with Gasteiger partial charge in [0, 0.05) is 11.9 Å². The van der Waals surface area contributed by atoms with Crippen molar-refractivity contribution in [3.8, 4) is 11.4 Å². The van der Waals surface area contributed by atoms with Gasteiger partial charge in [-0.3, -0.25) is 0 Å². The summed E-state index contributed by atoms with van der Waals surface area (Å²) in [5, 5.41) is 9.90. The first-order chi connectivity index (χ1) is 14.8. The molecule has 0 N–H and O–H groups in total. The van der Waals surface area contributed by atoms with Gasteiger partial charge in [0.1, 0.15) is 0 Å². The third kappa shape index (κ3) is 3.44. The van der Waals surface area contributed by atoms with Gasteiger partial charge in [-0.2, -0.15) is 10.2 Å². The van der Waals surface area contributed by atoms with Gasteiger partial charge in [0.15, 0.2) is 0 Å². The molecule has 0 aliphatic carbocycles. The number of benzene rings is 3. The fourth-order valence-electron chi connectivity index (χ4n) is 3.83. The molecule has 0 aliphatic heterocycles. The molecule has 1 unspecified atom stereocenters. The van der Waals surface area contributed by atoms with E-state index < -0.39 is 0 Å². The first-order valence-corrected chi connectivity index (χ1v) is 10.1. The van der Waals surface area contributed by atoms with E-state index in [2.05, 4.69) is 67.6 Å². The minimum absolute atomic E-state index is 0.0418. The summed E-state index contributed by atoms with van der Waals surface area (Å²) in [6.07, 6.45) is 2.02. The molecule has 5 aromatic rings. The van der Waals surface area contributed by atoms with Gasteiger partial charge < -0.3 is 0 Å². The van der Waals surface area contributed by atoms with Crippen molar-refractivity contribution in [1.29, 1.82) is 0 Å². The Balaban J connectivity index is 1.61. The Hall–Kier alpha value is -3.92. The lowest BCUT2D eigenvalue weighted by molar-refractivity contribution is 0.767. The van der Waals surface area contributed by atoms with E-state index in [1.807, 2.05) is 58.0 Å². The molecule has 0 spiro atoms. The molecule has 0 bridgehead atoms. The maximum atomic E-state index is 4.98. The van der Waals surface area contributed by atoms with E-state index in [1.165, 1.54) is 5.56 Å². The van der Waals surface area contributed by atoms with Crippen molar-refractivity contribution in [2.24, 2.45) is 0 Å². The van der Waals surface area contributed by atoms with Crippen LogP contribution >= 0.6 is 0 Å². The molecule has 0 saturated heterocycles. The number of para-hydroxylation sites is 2. The zero-order chi connectivity index (χ0) is 20.3. The van der Waals surface area contributed by atoms with Gasteiger partial charge in [0.05, 0.1) is 28.7 Å². The molecule has 3 aromatic carbocycles. The van der Waals surface area contributed by atoms with Gasteiger partial charge in [-0.25, -0.2) is 9.36 Å². The molecular weight excluding hydrogens is 368 g/mol. The predicted molar refractivity (Wildman–Crippen MR) is 119 cm³/mol. The number of aryl methyl sites for hydroxylation is 1. The van der Waals surface area contributed by atoms with E-state index in [0.29, 0.717) is 0 Å². The van der Waals surface area contributed by atoms with Crippen LogP contribution in [0.2, 0.25) is 0 Å². The Kier molecular flexibility index (Phi) is 4.74. The van der Waals surface area contributed by atoms with Crippen LogP contribution in [0, 0.1) is 6.92 Å². The molecular formula is C26H22N4. The van der Waals surface area contributed by atoms with Crippen LogP contribution in [0.3, 0.4) is 0 Å². The van der Waals surface area contributed by atoms with E-state index in [0.717, 1.165) is 28.5 Å². The second-order valence-corrected chi connectivity index (χ2v) is 7.32. The van der Waals surface area contributed by atoms with Crippen LogP contribution in [-0.2, 0) is 0 Å². The summed E-state index contributed by atoms with van der Waals surface area (Å²) in [7, 11) is 0. The molecule has 4 heteroatoms. The average Bonchev–Trinajstić information content (AvgIpc) is 3.43. The lowest BCUT2D eigenvalue weighted by atomic mass is 9.92. The lowest BCUT2D eigenvalue weighted by Gasteiger charge is -2.13. The zero-order valence-corrected chi connectivity index (χ0v) is 16.8. The Morgan fingerprint density at radius 2 is 1.23 bits per heavy atom. The smallest absolute Gasteiger partial charge is 0.0767 e. The van der Waals surface area contributed by atoms with Crippen molar-refractivity contribution in [2.45, 2.75) is 12.8 Å². The Bertz CT molecular complexity index is 1240. The maximum Gasteiger partial charge on any atom is 0.0767 e. The maximum absolute atomic E-state index is 4.98. The largest absolute Gasteiger partial charge is 0.241 e. The van der Waals surface area contributed by atoms with Crippen molar-refractivity contribution in [2.75, 3.05) is 0 Å². The van der Waals surface area contributed by atoms with Gasteiger partial charge in [-0.15, -0.1) is 0 Å². The summed E-state index contributed by atoms with van der Waals surface area (Å²) in [6, 6.07) is 35.1. The average molecular weight is 390 g/mol. The fourth-order valence-corrected chi connectivity index (χ4v) is 3.83. The van der Waals surface area contributed by atoms with E-state index in [-0.39, 0.29) is 5.92 Å². The minimum atomic E-state index is -0.0418. The van der Waals surface area contributed by atoms with E-state index in [4.69, 9.17) is 10.2 Å². The third-order valence-electron chi connectivity index (χ3n) is 5.26. The number of hydrogen-bond donors (Lipinski definition) is 0. The topological polar surface area (TPSA) is 35.6 Å². The van der Waals surface area contributed by atoms with Crippen molar-refractivity contribution in [3.05, 3.63) is 132 Å². The predicted octanol–water partition coefficient (Wildman–Crippen LogP) is 5.55. The van der Waals surface area contributed by atoms with Gasteiger partial charge in [-0.1, -0.05) is 66.7 Å². The second-order valence-electron chi connectivity index (χ2n) is 7.32. The van der Waals surface area contributed by atoms with Gasteiger partial charge >= 0.3 is 0 Å². The molecule has 2 aromatic heterocycles. The highest BCUT2D eigenvalue weighted by atomic mass is 15.3. The quantitative estimate of drug-likeness (QED) is 0.395. The molecule has 4 nitrogen and oxygen atoms in total. The number of nitrogens with zero attached hydrogens (tertiary/aromatic N) is 4. The highest BCUT2D eigenvalue weighted by Crippen LogP contribution is 2.31. The molecule has 146 valence electrons. The summed E-state index contributed by atoms with van der Waals surface area (Å²) in [6.45, 7) is 2.09. The van der Waals surface area contributed by atoms with Crippen LogP contribution in [0.1, 0.15) is 28.6 Å². The molecule has 5 rings (SSSR count). The van der Waals surface area contributed by atoms with Crippen LogP contribution in [-0.4, -0.2) is 19.6 Å². The Labute approximate surface area is 176 Å². The summed E-state index contributed by atoms with van der Waals surface area (Å²) in [4.78, 5) is 0. The van der Waals surface area contributed by atoms with E-state index in [9.17, 15) is 0 Å². The monoisotopic (exact) mass is 390 g/mol. The summed E-state index contributed by atoms with van der Waals surface area (Å²) < 4.78 is 3.92. The standard InChI is InChI=1S/C26H22N4/c1-20-19-25(28-30(20)23-15-9-4-10-16-23)26(21-11-5-2-6-12-21)24-17-18-29(27-24)22-13-7-3-8-14-22/h2-19,26H,1H3. The lowest BCUT2D eigenvalue weighted by Crippen LogP contribution is -2.07. The van der Waals surface area contributed by atoms with Gasteiger partial charge in [0.25, 0.3) is 0 Å². The van der Waals surface area contributed by atoms with Crippen LogP contribution < -0.4 is 0 Å². The van der Waals surface area contributed by atoms with Crippen LogP contribution in [0.25, 0.3) is 11.4 Å². The third-order valence-corrected chi connectivity index (χ3v) is 5.26. The van der Waals surface area contributed by atoms with E-state index >= 15 is 0 Å². The minimum Gasteiger partial charge on any atom is -0.241 e. The molecule has 0 radical (unpaired) electrons. The number of hydrogen-bond acceptors (Lipinski definition) is 2. The Morgan fingerprint density at radius 3 is 1.90 bits per heavy atom. The van der Waals surface area contributed by atoms with E-state index in [1.54, 1.807) is 0 Å². The highest BCUT2D eigenvalue weighted by Gasteiger charge is 2.23. The van der Waals surface area contributed by atoms with Crippen LogP contribution in [0.15, 0.2) is 109 Å². The molecule has 2 heterocycles. The van der Waals surface area contributed by atoms with Gasteiger partial charge in [0.2, 0.25) is 0 Å². The Morgan fingerprint density at radius 1 is 0.633 bits per heavy atom. The molecule has 0 amide bonds. The first kappa shape index (κ1) is 18.1. The summed E-state index contributed by atoms with van der Waals surface area (Å²) in [5.41, 5.74) is 6.33. The normalized spacial score (nSPS) is 12.0. The molecule has 0 saturated carbocycles. The molecule has 1 atom stereocenters. The zero-order valence-electron chi connectivity index (χ0n) is 16.8. The first-order valence-electron chi connectivity index (χ1n) is 10.1. The van der Waals surface area contributed by atoms with Crippen molar-refractivity contribution in [3.63, 3.8) is 0 Å². The second kappa shape index (κ2) is 7.84. The summed E-state index contributed by atoms with van der Waals surface area (Å²) in [5.74, 6) is -0.0418. The molecule has 0 fully saturated rings. The van der Waals surface area contributed by atoms with Crippen molar-refractivity contribution in [1.82, 2.24) is 19.6 Å². The highest BCUT2D eigenvalue weighted by molar-refractivity contribution is 5.41. The van der Waals surface area contributed by atoms with Crippen LogP contribution in [0.5, 0.6) is 0 Å². The number of aromatic nitrogens is 4. The van der Waals surface area contributed by atoms with Crippen LogP contribution in [0.4, 0.5) is 0 Å². The van der Waals surface area contributed by atoms with Crippen molar-refractivity contribution < 1.29 is 0 Å². The SMILES string of the molecule is Cc1cc(C(c2ccccc2)c2ccn(-c3ccccc3)n2)nn1-c1ccccc1. The fraction of sp³-hybridized carbons (Fsp3) is 0.0769. The van der Waals surface area contributed by atoms with Gasteiger partial charge in [-0.05, 0) is 48.9 Å².